The molecule has 2 N–H and O–H groups in total. The van der Waals surface area contributed by atoms with Crippen molar-refractivity contribution in [1.82, 2.24) is 10.3 Å². The zero-order valence-corrected chi connectivity index (χ0v) is 8.50. The van der Waals surface area contributed by atoms with Crippen LogP contribution >= 0.6 is 0 Å². The fourth-order valence-corrected chi connectivity index (χ4v) is 1.03. The Labute approximate surface area is 87.2 Å². The summed E-state index contributed by atoms with van der Waals surface area (Å²) in [5, 5.41) is 10.9. The number of aromatic nitrogens is 1. The standard InChI is InChI=1S/C10H14F2N2O/c1-8-2-3-9(14-4-8)5-13-6-10(11,12)7-15/h2-4,13,15H,5-7H2,1H3. The molecule has 0 spiro atoms. The first-order valence-electron chi connectivity index (χ1n) is 4.64. The summed E-state index contributed by atoms with van der Waals surface area (Å²) in [4.78, 5) is 4.05. The summed E-state index contributed by atoms with van der Waals surface area (Å²) in [6, 6.07) is 3.65. The maximum Gasteiger partial charge on any atom is 0.282 e. The van der Waals surface area contributed by atoms with E-state index in [9.17, 15) is 8.78 Å². The van der Waals surface area contributed by atoms with E-state index in [0.717, 1.165) is 5.56 Å². The molecule has 1 aromatic heterocycles. The van der Waals surface area contributed by atoms with E-state index in [-0.39, 0.29) is 6.54 Å². The lowest BCUT2D eigenvalue weighted by atomic mass is 10.2. The van der Waals surface area contributed by atoms with E-state index in [1.54, 1.807) is 12.3 Å². The fourth-order valence-electron chi connectivity index (χ4n) is 1.03. The first-order valence-corrected chi connectivity index (χ1v) is 4.64. The lowest BCUT2D eigenvalue weighted by Crippen LogP contribution is -2.35. The summed E-state index contributed by atoms with van der Waals surface area (Å²) in [7, 11) is 0. The second kappa shape index (κ2) is 5.14. The van der Waals surface area contributed by atoms with Gasteiger partial charge in [-0.1, -0.05) is 6.07 Å². The molecule has 0 saturated heterocycles. The number of alkyl halides is 2. The summed E-state index contributed by atoms with van der Waals surface area (Å²) in [5.74, 6) is -3.06. The lowest BCUT2D eigenvalue weighted by molar-refractivity contribution is -0.0478. The average molecular weight is 216 g/mol. The molecule has 3 nitrogen and oxygen atoms in total. The maximum atomic E-state index is 12.6. The number of hydrogen-bond acceptors (Lipinski definition) is 3. The average Bonchev–Trinajstić information content (AvgIpc) is 2.21. The summed E-state index contributed by atoms with van der Waals surface area (Å²) >= 11 is 0. The first kappa shape index (κ1) is 12.0. The van der Waals surface area contributed by atoms with Crippen molar-refractivity contribution in [3.63, 3.8) is 0 Å². The lowest BCUT2D eigenvalue weighted by Gasteiger charge is -2.13. The summed E-state index contributed by atoms with van der Waals surface area (Å²) in [6.45, 7) is 0.500. The smallest absolute Gasteiger partial charge is 0.282 e. The van der Waals surface area contributed by atoms with Crippen molar-refractivity contribution in [2.75, 3.05) is 13.2 Å². The molecule has 0 aliphatic rings. The Bertz CT molecular complexity index is 301. The van der Waals surface area contributed by atoms with Crippen molar-refractivity contribution in [1.29, 1.82) is 0 Å². The number of nitrogens with one attached hydrogen (secondary N) is 1. The van der Waals surface area contributed by atoms with Crippen LogP contribution in [0.5, 0.6) is 0 Å². The SMILES string of the molecule is Cc1ccc(CNCC(F)(F)CO)nc1. The van der Waals surface area contributed by atoms with Gasteiger partial charge in [-0.2, -0.15) is 0 Å². The Hall–Kier alpha value is -1.07. The van der Waals surface area contributed by atoms with Crippen molar-refractivity contribution >= 4 is 0 Å². The van der Waals surface area contributed by atoms with E-state index < -0.39 is 19.1 Å². The van der Waals surface area contributed by atoms with E-state index in [1.807, 2.05) is 13.0 Å². The van der Waals surface area contributed by atoms with E-state index in [4.69, 9.17) is 5.11 Å². The predicted molar refractivity (Wildman–Crippen MR) is 52.7 cm³/mol. The molecule has 0 radical (unpaired) electrons. The monoisotopic (exact) mass is 216 g/mol. The number of rotatable bonds is 5. The quantitative estimate of drug-likeness (QED) is 0.775. The molecule has 0 aliphatic heterocycles. The number of aryl methyl sites for hydroxylation is 1. The van der Waals surface area contributed by atoms with Gasteiger partial charge in [-0.25, -0.2) is 8.78 Å². The number of hydrogen-bond donors (Lipinski definition) is 2. The Morgan fingerprint density at radius 1 is 1.47 bits per heavy atom. The van der Waals surface area contributed by atoms with Crippen molar-refractivity contribution in [2.24, 2.45) is 0 Å². The molecule has 0 bridgehead atoms. The molecular formula is C10H14F2N2O. The molecule has 0 aromatic carbocycles. The highest BCUT2D eigenvalue weighted by atomic mass is 19.3. The Morgan fingerprint density at radius 3 is 2.73 bits per heavy atom. The summed E-state index contributed by atoms with van der Waals surface area (Å²) in [5.41, 5.74) is 1.73. The van der Waals surface area contributed by atoms with Crippen molar-refractivity contribution in [3.8, 4) is 0 Å². The summed E-state index contributed by atoms with van der Waals surface area (Å²) in [6.07, 6.45) is 1.68. The molecule has 84 valence electrons. The minimum atomic E-state index is -3.06. The summed E-state index contributed by atoms with van der Waals surface area (Å²) < 4.78 is 25.2. The molecule has 15 heavy (non-hydrogen) atoms. The van der Waals surface area contributed by atoms with Crippen LogP contribution in [0.2, 0.25) is 0 Å². The van der Waals surface area contributed by atoms with Crippen molar-refractivity contribution in [2.45, 2.75) is 19.4 Å². The van der Waals surface area contributed by atoms with Gasteiger partial charge < -0.3 is 10.4 Å². The molecule has 0 saturated carbocycles. The van der Waals surface area contributed by atoms with E-state index in [1.165, 1.54) is 0 Å². The van der Waals surface area contributed by atoms with Gasteiger partial charge in [0.2, 0.25) is 0 Å². The molecule has 1 aromatic rings. The number of halogens is 2. The Morgan fingerprint density at radius 2 is 2.20 bits per heavy atom. The molecule has 0 aliphatic carbocycles. The van der Waals surface area contributed by atoms with E-state index >= 15 is 0 Å². The van der Waals surface area contributed by atoms with Crippen LogP contribution in [0.4, 0.5) is 8.78 Å². The van der Waals surface area contributed by atoms with Gasteiger partial charge in [0, 0.05) is 12.7 Å². The van der Waals surface area contributed by atoms with Crippen LogP contribution in [0, 0.1) is 6.92 Å². The van der Waals surface area contributed by atoms with Gasteiger partial charge in [0.25, 0.3) is 5.92 Å². The van der Waals surface area contributed by atoms with Crippen LogP contribution in [-0.4, -0.2) is 29.2 Å². The van der Waals surface area contributed by atoms with Crippen LogP contribution in [-0.2, 0) is 6.54 Å². The largest absolute Gasteiger partial charge is 0.390 e. The Balaban J connectivity index is 2.35. The highest BCUT2D eigenvalue weighted by molar-refractivity contribution is 5.11. The van der Waals surface area contributed by atoms with E-state index in [2.05, 4.69) is 10.3 Å². The topological polar surface area (TPSA) is 45.1 Å². The van der Waals surface area contributed by atoms with Gasteiger partial charge in [0.15, 0.2) is 0 Å². The molecule has 5 heteroatoms. The third-order valence-electron chi connectivity index (χ3n) is 1.89. The normalized spacial score (nSPS) is 11.7. The molecule has 1 heterocycles. The van der Waals surface area contributed by atoms with Gasteiger partial charge >= 0.3 is 0 Å². The third kappa shape index (κ3) is 4.31. The number of aliphatic hydroxyl groups is 1. The van der Waals surface area contributed by atoms with Crippen LogP contribution in [0.15, 0.2) is 18.3 Å². The molecule has 0 unspecified atom stereocenters. The third-order valence-corrected chi connectivity index (χ3v) is 1.89. The molecule has 0 fully saturated rings. The van der Waals surface area contributed by atoms with Gasteiger partial charge in [-0.3, -0.25) is 4.98 Å². The second-order valence-electron chi connectivity index (χ2n) is 3.44. The van der Waals surface area contributed by atoms with Crippen molar-refractivity contribution < 1.29 is 13.9 Å². The number of aliphatic hydroxyl groups excluding tert-OH is 1. The molecule has 0 amide bonds. The van der Waals surface area contributed by atoms with Crippen LogP contribution in [0.1, 0.15) is 11.3 Å². The zero-order chi connectivity index (χ0) is 11.3. The number of pyridine rings is 1. The maximum absolute atomic E-state index is 12.6. The second-order valence-corrected chi connectivity index (χ2v) is 3.44. The first-order chi connectivity index (χ1) is 7.03. The minimum absolute atomic E-state index is 0.274. The highest BCUT2D eigenvalue weighted by Crippen LogP contribution is 2.10. The Kier molecular flexibility index (Phi) is 4.11. The highest BCUT2D eigenvalue weighted by Gasteiger charge is 2.26. The van der Waals surface area contributed by atoms with Gasteiger partial charge in [0.05, 0.1) is 12.2 Å². The number of nitrogens with zero attached hydrogens (tertiary/aromatic N) is 1. The minimum Gasteiger partial charge on any atom is -0.390 e. The van der Waals surface area contributed by atoms with Crippen LogP contribution in [0.3, 0.4) is 0 Å². The van der Waals surface area contributed by atoms with Gasteiger partial charge in [-0.15, -0.1) is 0 Å². The van der Waals surface area contributed by atoms with Crippen molar-refractivity contribution in [3.05, 3.63) is 29.6 Å². The fraction of sp³-hybridized carbons (Fsp3) is 0.500. The molecule has 1 rings (SSSR count). The zero-order valence-electron chi connectivity index (χ0n) is 8.50. The van der Waals surface area contributed by atoms with Crippen LogP contribution in [0.25, 0.3) is 0 Å². The van der Waals surface area contributed by atoms with Gasteiger partial charge in [0.1, 0.15) is 6.61 Å². The van der Waals surface area contributed by atoms with Crippen LogP contribution < -0.4 is 5.32 Å². The molecule has 0 atom stereocenters. The van der Waals surface area contributed by atoms with E-state index in [0.29, 0.717) is 5.69 Å². The molecular weight excluding hydrogens is 202 g/mol. The van der Waals surface area contributed by atoms with Gasteiger partial charge in [-0.05, 0) is 18.6 Å². The predicted octanol–water partition coefficient (Wildman–Crippen LogP) is 1.11.